The van der Waals surface area contributed by atoms with E-state index in [1.807, 2.05) is 41.1 Å². The summed E-state index contributed by atoms with van der Waals surface area (Å²) in [7, 11) is 0. The highest BCUT2D eigenvalue weighted by molar-refractivity contribution is 6.42. The van der Waals surface area contributed by atoms with Crippen molar-refractivity contribution < 1.29 is 9.53 Å². The van der Waals surface area contributed by atoms with Crippen molar-refractivity contribution in [2.45, 2.75) is 19.4 Å². The van der Waals surface area contributed by atoms with E-state index in [4.69, 9.17) is 27.9 Å². The standard InChI is InChI=1S/C22H18Cl2N2O2/c23-20-6-1-15(12-21(20)24)11-17-3-2-16-13-18(4-5-19(16)22(17)27)28-10-9-26-8-7-25-14-26/h1,4-8,11-14H,2-3,9-10H2/b17-11+. The molecule has 1 heterocycles. The lowest BCUT2D eigenvalue weighted by molar-refractivity contribution is 0.102. The van der Waals surface area contributed by atoms with Gasteiger partial charge in [-0.1, -0.05) is 29.3 Å². The van der Waals surface area contributed by atoms with Crippen LogP contribution in [-0.4, -0.2) is 21.9 Å². The molecule has 2 aromatic carbocycles. The SMILES string of the molecule is O=C1/C(=C/c2ccc(Cl)c(Cl)c2)CCc2cc(OCCn3ccnc3)ccc21. The molecule has 142 valence electrons. The highest BCUT2D eigenvalue weighted by Crippen LogP contribution is 2.30. The lowest BCUT2D eigenvalue weighted by Gasteiger charge is -2.19. The second-order valence-electron chi connectivity index (χ2n) is 6.64. The number of fused-ring (bicyclic) bond motifs is 1. The van der Waals surface area contributed by atoms with Crippen molar-refractivity contribution in [2.75, 3.05) is 6.61 Å². The van der Waals surface area contributed by atoms with Crippen molar-refractivity contribution in [3.63, 3.8) is 0 Å². The number of nitrogens with zero attached hydrogens (tertiary/aromatic N) is 2. The normalized spacial score (nSPS) is 14.9. The number of ether oxygens (including phenoxy) is 1. The molecule has 0 amide bonds. The number of allylic oxidation sites excluding steroid dienone is 1. The third-order valence-electron chi connectivity index (χ3n) is 4.74. The van der Waals surface area contributed by atoms with E-state index in [2.05, 4.69) is 4.98 Å². The number of ketones is 1. The van der Waals surface area contributed by atoms with Gasteiger partial charge in [0.1, 0.15) is 12.4 Å². The van der Waals surface area contributed by atoms with Crippen LogP contribution in [-0.2, 0) is 13.0 Å². The second-order valence-corrected chi connectivity index (χ2v) is 7.45. The van der Waals surface area contributed by atoms with Crippen LogP contribution in [0.3, 0.4) is 0 Å². The highest BCUT2D eigenvalue weighted by atomic mass is 35.5. The van der Waals surface area contributed by atoms with E-state index in [0.29, 0.717) is 23.1 Å². The van der Waals surface area contributed by atoms with Crippen LogP contribution in [0.15, 0.2) is 60.7 Å². The Balaban J connectivity index is 1.47. The van der Waals surface area contributed by atoms with Gasteiger partial charge in [0, 0.05) is 23.5 Å². The number of imidazole rings is 1. The summed E-state index contributed by atoms with van der Waals surface area (Å²) in [6, 6.07) is 11.1. The van der Waals surface area contributed by atoms with Gasteiger partial charge in [-0.25, -0.2) is 4.98 Å². The molecule has 0 aliphatic heterocycles. The number of Topliss-reactive ketones (excluding diaryl/α,β-unsaturated/α-hetero) is 1. The largest absolute Gasteiger partial charge is 0.492 e. The fourth-order valence-corrected chi connectivity index (χ4v) is 3.58. The molecule has 0 fully saturated rings. The summed E-state index contributed by atoms with van der Waals surface area (Å²) < 4.78 is 7.79. The molecule has 1 aliphatic rings. The molecule has 0 bridgehead atoms. The number of carbonyl (C=O) groups excluding carboxylic acids is 1. The van der Waals surface area contributed by atoms with Crippen LogP contribution in [0.25, 0.3) is 6.08 Å². The van der Waals surface area contributed by atoms with Crippen LogP contribution in [0.4, 0.5) is 0 Å². The molecule has 1 aromatic heterocycles. The Labute approximate surface area is 173 Å². The molecular weight excluding hydrogens is 395 g/mol. The molecule has 0 saturated carbocycles. The predicted molar refractivity (Wildman–Crippen MR) is 111 cm³/mol. The number of rotatable bonds is 5. The van der Waals surface area contributed by atoms with Crippen molar-refractivity contribution >= 4 is 35.1 Å². The summed E-state index contributed by atoms with van der Waals surface area (Å²) in [6.45, 7) is 1.28. The van der Waals surface area contributed by atoms with Crippen LogP contribution >= 0.6 is 23.2 Å². The number of halogens is 2. The van der Waals surface area contributed by atoms with E-state index >= 15 is 0 Å². The minimum atomic E-state index is 0.0530. The topological polar surface area (TPSA) is 44.1 Å². The van der Waals surface area contributed by atoms with Gasteiger partial charge in [0.25, 0.3) is 0 Å². The Bertz CT molecular complexity index is 1040. The van der Waals surface area contributed by atoms with E-state index in [1.165, 1.54) is 0 Å². The number of hydrogen-bond donors (Lipinski definition) is 0. The van der Waals surface area contributed by atoms with Crippen LogP contribution in [0, 0.1) is 0 Å². The number of benzene rings is 2. The minimum absolute atomic E-state index is 0.0530. The molecule has 4 rings (SSSR count). The van der Waals surface area contributed by atoms with E-state index in [-0.39, 0.29) is 5.78 Å². The first-order valence-corrected chi connectivity index (χ1v) is 9.77. The van der Waals surface area contributed by atoms with E-state index in [0.717, 1.165) is 41.0 Å². The number of hydrogen-bond acceptors (Lipinski definition) is 3. The molecule has 1 aliphatic carbocycles. The smallest absolute Gasteiger partial charge is 0.189 e. The Kier molecular flexibility index (Phi) is 5.51. The van der Waals surface area contributed by atoms with Crippen molar-refractivity contribution in [3.8, 4) is 5.75 Å². The fourth-order valence-electron chi connectivity index (χ4n) is 3.27. The van der Waals surface area contributed by atoms with Gasteiger partial charge in [-0.2, -0.15) is 0 Å². The van der Waals surface area contributed by atoms with E-state index < -0.39 is 0 Å². The van der Waals surface area contributed by atoms with Gasteiger partial charge in [0.05, 0.1) is 22.9 Å². The maximum absolute atomic E-state index is 12.9. The lowest BCUT2D eigenvalue weighted by atomic mass is 9.86. The quantitative estimate of drug-likeness (QED) is 0.520. The zero-order valence-corrected chi connectivity index (χ0v) is 16.6. The summed E-state index contributed by atoms with van der Waals surface area (Å²) in [5, 5.41) is 0.988. The van der Waals surface area contributed by atoms with Gasteiger partial charge in [-0.3, -0.25) is 4.79 Å². The Hall–Kier alpha value is -2.56. The number of aryl methyl sites for hydroxylation is 1. The molecule has 3 aromatic rings. The first kappa shape index (κ1) is 18.8. The molecule has 0 spiro atoms. The third kappa shape index (κ3) is 4.13. The maximum atomic E-state index is 12.9. The highest BCUT2D eigenvalue weighted by Gasteiger charge is 2.22. The average Bonchev–Trinajstić information content (AvgIpc) is 3.20. The van der Waals surface area contributed by atoms with E-state index in [9.17, 15) is 4.79 Å². The Morgan fingerprint density at radius 3 is 2.79 bits per heavy atom. The zero-order chi connectivity index (χ0) is 19.5. The summed E-state index contributed by atoms with van der Waals surface area (Å²) >= 11 is 12.0. The Morgan fingerprint density at radius 2 is 2.00 bits per heavy atom. The van der Waals surface area contributed by atoms with Gasteiger partial charge in [0.2, 0.25) is 0 Å². The zero-order valence-electron chi connectivity index (χ0n) is 15.1. The predicted octanol–water partition coefficient (Wildman–Crippen LogP) is 5.48. The molecule has 6 heteroatoms. The average molecular weight is 413 g/mol. The van der Waals surface area contributed by atoms with Crippen LogP contribution in [0.5, 0.6) is 5.75 Å². The molecule has 4 nitrogen and oxygen atoms in total. The Morgan fingerprint density at radius 1 is 1.11 bits per heavy atom. The van der Waals surface area contributed by atoms with Crippen molar-refractivity contribution in [3.05, 3.63) is 87.4 Å². The van der Waals surface area contributed by atoms with Crippen LogP contribution in [0.1, 0.15) is 27.9 Å². The second kappa shape index (κ2) is 8.21. The monoisotopic (exact) mass is 412 g/mol. The summed E-state index contributed by atoms with van der Waals surface area (Å²) in [5.74, 6) is 0.834. The van der Waals surface area contributed by atoms with Gasteiger partial charge in [-0.15, -0.1) is 0 Å². The lowest BCUT2D eigenvalue weighted by Crippen LogP contribution is -2.14. The summed E-state index contributed by atoms with van der Waals surface area (Å²) in [5.41, 5.74) is 3.41. The summed E-state index contributed by atoms with van der Waals surface area (Å²) in [4.78, 5) is 16.9. The van der Waals surface area contributed by atoms with Gasteiger partial charge < -0.3 is 9.30 Å². The molecule has 0 unspecified atom stereocenters. The minimum Gasteiger partial charge on any atom is -0.492 e. The first-order chi connectivity index (χ1) is 13.6. The first-order valence-electron chi connectivity index (χ1n) is 9.02. The number of carbonyl (C=O) groups is 1. The molecule has 0 radical (unpaired) electrons. The van der Waals surface area contributed by atoms with Crippen LogP contribution < -0.4 is 4.74 Å². The van der Waals surface area contributed by atoms with Gasteiger partial charge >= 0.3 is 0 Å². The summed E-state index contributed by atoms with van der Waals surface area (Å²) in [6.07, 6.45) is 8.78. The van der Waals surface area contributed by atoms with Crippen molar-refractivity contribution in [1.29, 1.82) is 0 Å². The van der Waals surface area contributed by atoms with Crippen LogP contribution in [0.2, 0.25) is 10.0 Å². The van der Waals surface area contributed by atoms with Gasteiger partial charge in [-0.05, 0) is 60.4 Å². The molecule has 0 saturated heterocycles. The van der Waals surface area contributed by atoms with Crippen molar-refractivity contribution in [2.24, 2.45) is 0 Å². The molecular formula is C22H18Cl2N2O2. The molecule has 28 heavy (non-hydrogen) atoms. The van der Waals surface area contributed by atoms with E-state index in [1.54, 1.807) is 24.7 Å². The van der Waals surface area contributed by atoms with Gasteiger partial charge in [0.15, 0.2) is 5.78 Å². The fraction of sp³-hybridized carbons (Fsp3) is 0.182. The third-order valence-corrected chi connectivity index (χ3v) is 5.48. The van der Waals surface area contributed by atoms with Crippen molar-refractivity contribution in [1.82, 2.24) is 9.55 Å². The molecule has 0 N–H and O–H groups in total. The maximum Gasteiger partial charge on any atom is 0.189 e. The number of aromatic nitrogens is 2. The molecule has 0 atom stereocenters.